The van der Waals surface area contributed by atoms with Crippen LogP contribution in [0, 0.1) is 0 Å². The van der Waals surface area contributed by atoms with Crippen LogP contribution in [0.4, 0.5) is 0 Å². The van der Waals surface area contributed by atoms with E-state index in [4.69, 9.17) is 5.73 Å². The molecule has 4 nitrogen and oxygen atoms in total. The molecule has 0 unspecified atom stereocenters. The van der Waals surface area contributed by atoms with E-state index in [1.54, 1.807) is 18.3 Å². The van der Waals surface area contributed by atoms with Gasteiger partial charge in [-0.05, 0) is 12.1 Å². The molecule has 0 aliphatic heterocycles. The second kappa shape index (κ2) is 2.99. The predicted molar refractivity (Wildman–Crippen MR) is 49.1 cm³/mol. The Bertz CT molecular complexity index is 442. The molecule has 0 fully saturated rings. The van der Waals surface area contributed by atoms with Crippen molar-refractivity contribution in [2.45, 2.75) is 6.54 Å². The Kier molecular flexibility index (Phi) is 1.83. The van der Waals surface area contributed by atoms with Crippen LogP contribution < -0.4 is 5.73 Å². The van der Waals surface area contributed by atoms with E-state index >= 15 is 0 Å². The van der Waals surface area contributed by atoms with Crippen LogP contribution in [-0.2, 0) is 6.54 Å². The van der Waals surface area contributed by atoms with Gasteiger partial charge in [-0.2, -0.15) is 0 Å². The van der Waals surface area contributed by atoms with Crippen LogP contribution in [0.5, 0.6) is 5.75 Å². The zero-order chi connectivity index (χ0) is 9.26. The number of hydrogen-bond donors (Lipinski definition) is 2. The summed E-state index contributed by atoms with van der Waals surface area (Å²) in [5, 5.41) is 9.43. The van der Waals surface area contributed by atoms with Crippen LogP contribution in [0.3, 0.4) is 0 Å². The lowest BCUT2D eigenvalue weighted by molar-refractivity contribution is 0.465. The van der Waals surface area contributed by atoms with Gasteiger partial charge in [-0.3, -0.25) is 4.98 Å². The molecule has 4 heteroatoms. The molecule has 0 aliphatic rings. The summed E-state index contributed by atoms with van der Waals surface area (Å²) in [5.41, 5.74) is 7.33. The summed E-state index contributed by atoms with van der Waals surface area (Å²) in [5.74, 6) is 0.105. The largest absolute Gasteiger partial charge is 0.506 e. The first kappa shape index (κ1) is 7.94. The number of aromatic hydroxyl groups is 1. The molecule has 13 heavy (non-hydrogen) atoms. The van der Waals surface area contributed by atoms with Gasteiger partial charge in [0, 0.05) is 18.8 Å². The summed E-state index contributed by atoms with van der Waals surface area (Å²) in [4.78, 5) is 8.21. The highest BCUT2D eigenvalue weighted by Gasteiger charge is 2.03. The minimum absolute atomic E-state index is 0.105. The van der Waals surface area contributed by atoms with Crippen LogP contribution >= 0.6 is 0 Å². The molecule has 0 saturated heterocycles. The van der Waals surface area contributed by atoms with Crippen LogP contribution in [0.1, 0.15) is 5.69 Å². The Morgan fingerprint density at radius 1 is 1.38 bits per heavy atom. The number of nitrogens with zero attached hydrogens (tertiary/aromatic N) is 2. The standard InChI is InChI=1S/C9H9N3O/c10-5-8-9(13)4-7-6(12-8)2-1-3-11-7/h1-4,13H,5,10H2. The van der Waals surface area contributed by atoms with Gasteiger partial charge < -0.3 is 10.8 Å². The zero-order valence-corrected chi connectivity index (χ0v) is 6.94. The van der Waals surface area contributed by atoms with Gasteiger partial charge in [0.05, 0.1) is 16.7 Å². The number of fused-ring (bicyclic) bond motifs is 1. The Balaban J connectivity index is 2.74. The van der Waals surface area contributed by atoms with Crippen LogP contribution in [0.15, 0.2) is 24.4 Å². The fourth-order valence-electron chi connectivity index (χ4n) is 1.18. The second-order valence-electron chi connectivity index (χ2n) is 2.70. The van der Waals surface area contributed by atoms with Crippen molar-refractivity contribution in [2.75, 3.05) is 0 Å². The van der Waals surface area contributed by atoms with Gasteiger partial charge >= 0.3 is 0 Å². The Hall–Kier alpha value is -1.68. The normalized spacial score (nSPS) is 10.5. The van der Waals surface area contributed by atoms with E-state index in [2.05, 4.69) is 9.97 Å². The third-order valence-corrected chi connectivity index (χ3v) is 1.83. The van der Waals surface area contributed by atoms with E-state index in [9.17, 15) is 5.11 Å². The molecule has 0 spiro atoms. The molecule has 3 N–H and O–H groups in total. The molecular formula is C9H9N3O. The lowest BCUT2D eigenvalue weighted by Crippen LogP contribution is -2.00. The average Bonchev–Trinajstić information content (AvgIpc) is 2.17. The summed E-state index contributed by atoms with van der Waals surface area (Å²) in [6.07, 6.45) is 1.66. The molecule has 0 aromatic carbocycles. The van der Waals surface area contributed by atoms with E-state index in [0.717, 1.165) is 5.52 Å². The lowest BCUT2D eigenvalue weighted by atomic mass is 10.2. The Morgan fingerprint density at radius 3 is 3.00 bits per heavy atom. The van der Waals surface area contributed by atoms with Crippen LogP contribution in [0.2, 0.25) is 0 Å². The summed E-state index contributed by atoms with van der Waals surface area (Å²) in [7, 11) is 0. The molecule has 66 valence electrons. The number of pyridine rings is 2. The minimum atomic E-state index is 0.105. The number of hydrogen-bond acceptors (Lipinski definition) is 4. The van der Waals surface area contributed by atoms with E-state index in [-0.39, 0.29) is 12.3 Å². The molecule has 2 aromatic rings. The summed E-state index contributed by atoms with van der Waals surface area (Å²) in [6.45, 7) is 0.233. The van der Waals surface area contributed by atoms with E-state index in [1.807, 2.05) is 6.07 Å². The highest BCUT2D eigenvalue weighted by Crippen LogP contribution is 2.19. The van der Waals surface area contributed by atoms with Gasteiger partial charge in [-0.25, -0.2) is 4.98 Å². The Morgan fingerprint density at radius 2 is 2.23 bits per heavy atom. The molecule has 2 heterocycles. The zero-order valence-electron chi connectivity index (χ0n) is 6.94. The second-order valence-corrected chi connectivity index (χ2v) is 2.70. The smallest absolute Gasteiger partial charge is 0.140 e. The van der Waals surface area contributed by atoms with Crippen molar-refractivity contribution < 1.29 is 5.11 Å². The quantitative estimate of drug-likeness (QED) is 0.672. The van der Waals surface area contributed by atoms with Crippen molar-refractivity contribution in [2.24, 2.45) is 5.73 Å². The molecule has 2 aromatic heterocycles. The van der Waals surface area contributed by atoms with E-state index < -0.39 is 0 Å². The van der Waals surface area contributed by atoms with Crippen LogP contribution in [-0.4, -0.2) is 15.1 Å². The molecular weight excluding hydrogens is 166 g/mol. The van der Waals surface area contributed by atoms with Crippen molar-refractivity contribution in [3.05, 3.63) is 30.1 Å². The lowest BCUT2D eigenvalue weighted by Gasteiger charge is -2.02. The average molecular weight is 175 g/mol. The van der Waals surface area contributed by atoms with Crippen molar-refractivity contribution in [3.8, 4) is 5.75 Å². The first-order valence-corrected chi connectivity index (χ1v) is 3.95. The summed E-state index contributed by atoms with van der Waals surface area (Å²) in [6, 6.07) is 5.21. The molecule has 2 rings (SSSR count). The molecule has 0 aliphatic carbocycles. The van der Waals surface area contributed by atoms with Gasteiger partial charge in [0.2, 0.25) is 0 Å². The molecule has 0 saturated carbocycles. The maximum atomic E-state index is 9.43. The molecule has 0 atom stereocenters. The third kappa shape index (κ3) is 1.31. The fourth-order valence-corrected chi connectivity index (χ4v) is 1.18. The van der Waals surface area contributed by atoms with Gasteiger partial charge in [0.15, 0.2) is 0 Å². The highest BCUT2D eigenvalue weighted by molar-refractivity contribution is 5.75. The van der Waals surface area contributed by atoms with Crippen molar-refractivity contribution >= 4 is 11.0 Å². The SMILES string of the molecule is NCc1nc2cccnc2cc1O. The monoisotopic (exact) mass is 175 g/mol. The van der Waals surface area contributed by atoms with E-state index in [0.29, 0.717) is 11.2 Å². The fraction of sp³-hybridized carbons (Fsp3) is 0.111. The van der Waals surface area contributed by atoms with Crippen molar-refractivity contribution in [3.63, 3.8) is 0 Å². The van der Waals surface area contributed by atoms with Gasteiger partial charge in [0.25, 0.3) is 0 Å². The molecule has 0 radical (unpaired) electrons. The van der Waals surface area contributed by atoms with Crippen molar-refractivity contribution in [1.29, 1.82) is 0 Å². The molecule has 0 bridgehead atoms. The number of nitrogens with two attached hydrogens (primary N) is 1. The van der Waals surface area contributed by atoms with Crippen molar-refractivity contribution in [1.82, 2.24) is 9.97 Å². The first-order chi connectivity index (χ1) is 6.31. The van der Waals surface area contributed by atoms with E-state index in [1.165, 1.54) is 0 Å². The highest BCUT2D eigenvalue weighted by atomic mass is 16.3. The first-order valence-electron chi connectivity index (χ1n) is 3.95. The minimum Gasteiger partial charge on any atom is -0.506 e. The number of aromatic nitrogens is 2. The summed E-state index contributed by atoms with van der Waals surface area (Å²) >= 11 is 0. The predicted octanol–water partition coefficient (Wildman–Crippen LogP) is 0.794. The summed E-state index contributed by atoms with van der Waals surface area (Å²) < 4.78 is 0. The topological polar surface area (TPSA) is 72.0 Å². The third-order valence-electron chi connectivity index (χ3n) is 1.83. The molecule has 0 amide bonds. The maximum absolute atomic E-state index is 9.43. The van der Waals surface area contributed by atoms with Gasteiger partial charge in [0.1, 0.15) is 5.75 Å². The number of rotatable bonds is 1. The van der Waals surface area contributed by atoms with Crippen LogP contribution in [0.25, 0.3) is 11.0 Å². The Labute approximate surface area is 75.1 Å². The van der Waals surface area contributed by atoms with Gasteiger partial charge in [-0.15, -0.1) is 0 Å². The maximum Gasteiger partial charge on any atom is 0.140 e. The van der Waals surface area contributed by atoms with Gasteiger partial charge in [-0.1, -0.05) is 0 Å².